The second-order valence-electron chi connectivity index (χ2n) is 7.68. The van der Waals surface area contributed by atoms with Crippen molar-refractivity contribution in [3.63, 3.8) is 0 Å². The maximum Gasteiger partial charge on any atom is 0.260 e. The lowest BCUT2D eigenvalue weighted by molar-refractivity contribution is -0.133. The molecule has 1 aliphatic heterocycles. The summed E-state index contributed by atoms with van der Waals surface area (Å²) in [6.45, 7) is 3.96. The van der Waals surface area contributed by atoms with Gasteiger partial charge >= 0.3 is 0 Å². The third kappa shape index (κ3) is 5.57. The number of aromatic nitrogens is 1. The van der Waals surface area contributed by atoms with Crippen molar-refractivity contribution in [2.45, 2.75) is 6.92 Å². The summed E-state index contributed by atoms with van der Waals surface area (Å²) in [5.41, 5.74) is 2.05. The van der Waals surface area contributed by atoms with Gasteiger partial charge in [0, 0.05) is 32.3 Å². The Balaban J connectivity index is 1.34. The van der Waals surface area contributed by atoms with E-state index in [4.69, 9.17) is 9.15 Å². The van der Waals surface area contributed by atoms with Gasteiger partial charge in [0.05, 0.1) is 0 Å². The predicted octanol–water partition coefficient (Wildman–Crippen LogP) is 3.89. The number of anilines is 1. The molecule has 0 radical (unpaired) electrons. The van der Waals surface area contributed by atoms with Crippen LogP contribution < -0.4 is 9.64 Å². The number of nitrogens with zero attached hydrogens (tertiary/aromatic N) is 4. The lowest BCUT2D eigenvalue weighted by Crippen LogP contribution is -2.50. The highest BCUT2D eigenvalue weighted by Crippen LogP contribution is 2.24. The Bertz CT molecular complexity index is 1190. The van der Waals surface area contributed by atoms with Crippen LogP contribution in [0.2, 0.25) is 0 Å². The van der Waals surface area contributed by atoms with Crippen molar-refractivity contribution in [3.8, 4) is 11.8 Å². The van der Waals surface area contributed by atoms with E-state index in [0.717, 1.165) is 11.1 Å². The zero-order valence-electron chi connectivity index (χ0n) is 18.2. The van der Waals surface area contributed by atoms with E-state index in [-0.39, 0.29) is 29.9 Å². The molecule has 0 atom stereocenters. The van der Waals surface area contributed by atoms with Crippen LogP contribution >= 0.6 is 0 Å². The highest BCUT2D eigenvalue weighted by atomic mass is 19.1. The van der Waals surface area contributed by atoms with E-state index in [2.05, 4.69) is 11.1 Å². The summed E-state index contributed by atoms with van der Waals surface area (Å²) >= 11 is 0. The monoisotopic (exact) mass is 446 g/mol. The summed E-state index contributed by atoms with van der Waals surface area (Å²) in [6.07, 6.45) is 3.38. The first-order valence-corrected chi connectivity index (χ1v) is 10.6. The number of carbonyl (C=O) groups excluding carboxylic acids is 1. The number of nitriles is 1. The van der Waals surface area contributed by atoms with E-state index in [9.17, 15) is 14.4 Å². The molecular weight excluding hydrogens is 423 g/mol. The molecule has 0 aliphatic carbocycles. The summed E-state index contributed by atoms with van der Waals surface area (Å²) in [6, 6.07) is 15.7. The first kappa shape index (κ1) is 22.1. The zero-order chi connectivity index (χ0) is 23.2. The Hall–Kier alpha value is -4.12. The van der Waals surface area contributed by atoms with Gasteiger partial charge in [-0.25, -0.2) is 4.39 Å². The second kappa shape index (κ2) is 10.0. The average molecular weight is 446 g/mol. The van der Waals surface area contributed by atoms with Gasteiger partial charge in [-0.3, -0.25) is 4.79 Å². The van der Waals surface area contributed by atoms with Crippen LogP contribution in [-0.4, -0.2) is 48.6 Å². The minimum atomic E-state index is -0.309. The largest absolute Gasteiger partial charge is 0.484 e. The molecule has 1 aromatic heterocycles. The topological polar surface area (TPSA) is 82.6 Å². The van der Waals surface area contributed by atoms with Crippen LogP contribution in [0.1, 0.15) is 22.7 Å². The first-order valence-electron chi connectivity index (χ1n) is 10.6. The van der Waals surface area contributed by atoms with E-state index in [1.54, 1.807) is 29.2 Å². The summed E-state index contributed by atoms with van der Waals surface area (Å²) in [5.74, 6) is 0.952. The van der Waals surface area contributed by atoms with Crippen LogP contribution in [0, 0.1) is 24.1 Å². The van der Waals surface area contributed by atoms with Crippen molar-refractivity contribution in [2.75, 3.05) is 37.7 Å². The summed E-state index contributed by atoms with van der Waals surface area (Å²) in [7, 11) is 0. The maximum absolute atomic E-state index is 13.0. The molecule has 1 fully saturated rings. The van der Waals surface area contributed by atoms with Crippen molar-refractivity contribution < 1.29 is 18.3 Å². The molecule has 33 heavy (non-hydrogen) atoms. The van der Waals surface area contributed by atoms with Gasteiger partial charge in [-0.15, -0.1) is 0 Å². The number of halogens is 1. The van der Waals surface area contributed by atoms with Crippen molar-refractivity contribution in [2.24, 2.45) is 0 Å². The number of hydrogen-bond donors (Lipinski definition) is 0. The molecule has 0 unspecified atom stereocenters. The minimum absolute atomic E-state index is 0.0203. The van der Waals surface area contributed by atoms with Crippen LogP contribution in [0.3, 0.4) is 0 Å². The first-order chi connectivity index (χ1) is 16.0. The fourth-order valence-corrected chi connectivity index (χ4v) is 3.53. The Morgan fingerprint density at radius 2 is 1.94 bits per heavy atom. The van der Waals surface area contributed by atoms with Crippen molar-refractivity contribution in [1.82, 2.24) is 9.88 Å². The molecule has 3 aromatic rings. The molecular formula is C25H23FN4O3. The van der Waals surface area contributed by atoms with Crippen LogP contribution in [-0.2, 0) is 4.79 Å². The summed E-state index contributed by atoms with van der Waals surface area (Å²) in [4.78, 5) is 20.4. The number of benzene rings is 2. The second-order valence-corrected chi connectivity index (χ2v) is 7.68. The number of hydrogen-bond acceptors (Lipinski definition) is 6. The van der Waals surface area contributed by atoms with Crippen LogP contribution in [0.4, 0.5) is 10.3 Å². The molecule has 7 nitrogen and oxygen atoms in total. The lowest BCUT2D eigenvalue weighted by atomic mass is 10.2. The average Bonchev–Trinajstić information content (AvgIpc) is 3.26. The molecule has 0 spiro atoms. The van der Waals surface area contributed by atoms with Gasteiger partial charge in [0.25, 0.3) is 5.91 Å². The number of piperazine rings is 1. The quantitative estimate of drug-likeness (QED) is 0.571. The van der Waals surface area contributed by atoms with E-state index < -0.39 is 0 Å². The van der Waals surface area contributed by atoms with Gasteiger partial charge in [0.2, 0.25) is 17.5 Å². The van der Waals surface area contributed by atoms with Gasteiger partial charge in [-0.1, -0.05) is 24.3 Å². The van der Waals surface area contributed by atoms with Crippen molar-refractivity contribution >= 4 is 23.9 Å². The Labute approximate surface area is 191 Å². The molecule has 4 rings (SSSR count). The van der Waals surface area contributed by atoms with Crippen LogP contribution in [0.15, 0.2) is 52.9 Å². The van der Waals surface area contributed by atoms with E-state index in [0.29, 0.717) is 37.8 Å². The Kier molecular flexibility index (Phi) is 6.69. The number of carbonyl (C=O) groups is 1. The maximum atomic E-state index is 13.0. The highest BCUT2D eigenvalue weighted by molar-refractivity contribution is 5.78. The third-order valence-corrected chi connectivity index (χ3v) is 5.29. The Morgan fingerprint density at radius 1 is 1.18 bits per heavy atom. The fraction of sp³-hybridized carbons (Fsp3) is 0.240. The van der Waals surface area contributed by atoms with Gasteiger partial charge in [0.1, 0.15) is 17.6 Å². The molecule has 0 bridgehead atoms. The minimum Gasteiger partial charge on any atom is -0.484 e. The van der Waals surface area contributed by atoms with Gasteiger partial charge in [-0.05, 0) is 48.4 Å². The van der Waals surface area contributed by atoms with Crippen molar-refractivity contribution in [3.05, 3.63) is 77.1 Å². The molecule has 0 N–H and O–H groups in total. The van der Waals surface area contributed by atoms with E-state index in [1.807, 2.05) is 36.1 Å². The third-order valence-electron chi connectivity index (χ3n) is 5.29. The smallest absolute Gasteiger partial charge is 0.260 e. The number of aryl methyl sites for hydroxylation is 1. The SMILES string of the molecule is Cc1cccc(OCC(=O)N2CCN(c3oc(/C=C/c4ccc(F)cc4)nc3C#N)CC2)c1. The molecule has 1 amide bonds. The predicted molar refractivity (Wildman–Crippen MR) is 122 cm³/mol. The molecule has 8 heteroatoms. The highest BCUT2D eigenvalue weighted by Gasteiger charge is 2.26. The van der Waals surface area contributed by atoms with Gasteiger partial charge in [-0.2, -0.15) is 10.2 Å². The Morgan fingerprint density at radius 3 is 2.64 bits per heavy atom. The lowest BCUT2D eigenvalue weighted by Gasteiger charge is -2.34. The van der Waals surface area contributed by atoms with Crippen LogP contribution in [0.25, 0.3) is 12.2 Å². The molecule has 2 aromatic carbocycles. The van der Waals surface area contributed by atoms with Crippen molar-refractivity contribution in [1.29, 1.82) is 5.26 Å². The number of ether oxygens (including phenoxy) is 1. The van der Waals surface area contributed by atoms with Gasteiger partial charge < -0.3 is 19.0 Å². The van der Waals surface area contributed by atoms with E-state index in [1.165, 1.54) is 12.1 Å². The summed E-state index contributed by atoms with van der Waals surface area (Å²) in [5, 5.41) is 9.47. The molecule has 1 aliphatic rings. The zero-order valence-corrected chi connectivity index (χ0v) is 18.2. The summed E-state index contributed by atoms with van der Waals surface area (Å²) < 4.78 is 24.5. The molecule has 0 saturated carbocycles. The normalized spacial score (nSPS) is 13.8. The fourth-order valence-electron chi connectivity index (χ4n) is 3.53. The van der Waals surface area contributed by atoms with Gasteiger partial charge in [0.15, 0.2) is 6.61 Å². The molecule has 2 heterocycles. The van der Waals surface area contributed by atoms with Crippen LogP contribution in [0.5, 0.6) is 5.75 Å². The molecule has 1 saturated heterocycles. The van der Waals surface area contributed by atoms with E-state index >= 15 is 0 Å². The number of oxazole rings is 1. The number of amides is 1. The molecule has 168 valence electrons. The number of rotatable bonds is 6. The standard InChI is InChI=1S/C25H23FN4O3/c1-18-3-2-4-21(15-18)32-17-24(31)29-11-13-30(14-12-29)25-22(16-27)28-23(33-25)10-7-19-5-8-20(26)9-6-19/h2-10,15H,11-14,17H2,1H3/b10-7+.